The Bertz CT molecular complexity index is 456. The van der Waals surface area contributed by atoms with Crippen LogP contribution in [0.5, 0.6) is 0 Å². The molecule has 0 aromatic heterocycles. The second kappa shape index (κ2) is 6.39. The van der Waals surface area contributed by atoms with Gasteiger partial charge in [0.25, 0.3) is 0 Å². The Kier molecular flexibility index (Phi) is 4.82. The normalized spacial score (nSPS) is 17.2. The van der Waals surface area contributed by atoms with Gasteiger partial charge >= 0.3 is 6.03 Å². The number of likely N-dealkylation sites (tertiary alicyclic amines) is 1. The van der Waals surface area contributed by atoms with Crippen LogP contribution in [-0.4, -0.2) is 37.1 Å². The highest BCUT2D eigenvalue weighted by atomic mass is 79.9. The summed E-state index contributed by atoms with van der Waals surface area (Å²) in [5, 5.41) is 5.92. The number of urea groups is 1. The predicted octanol–water partition coefficient (Wildman–Crippen LogP) is 2.97. The van der Waals surface area contributed by atoms with Gasteiger partial charge in [-0.1, -0.05) is 6.07 Å². The fourth-order valence-corrected chi connectivity index (χ4v) is 2.81. The fraction of sp³-hybridized carbons (Fsp3) is 0.500. The van der Waals surface area contributed by atoms with Gasteiger partial charge in [0.2, 0.25) is 0 Å². The van der Waals surface area contributed by atoms with Gasteiger partial charge in [-0.3, -0.25) is 0 Å². The standard InChI is InChI=1S/C14H20BrN3O/c1-10-3-4-13(12(15)9-10)17-14(19)16-11-5-7-18(2)8-6-11/h3-4,9,11H,5-8H2,1-2H3,(H2,16,17,19). The molecule has 5 heteroatoms. The van der Waals surface area contributed by atoms with Crippen molar-refractivity contribution < 1.29 is 4.79 Å². The number of carbonyl (C=O) groups excluding carboxylic acids is 1. The van der Waals surface area contributed by atoms with Crippen molar-refractivity contribution in [3.8, 4) is 0 Å². The number of rotatable bonds is 2. The number of amides is 2. The Hall–Kier alpha value is -1.07. The van der Waals surface area contributed by atoms with E-state index >= 15 is 0 Å². The van der Waals surface area contributed by atoms with E-state index in [1.807, 2.05) is 25.1 Å². The second-order valence-corrected chi connectivity index (χ2v) is 6.01. The van der Waals surface area contributed by atoms with Crippen molar-refractivity contribution in [3.63, 3.8) is 0 Å². The molecule has 1 aliphatic rings. The van der Waals surface area contributed by atoms with Crippen LogP contribution >= 0.6 is 15.9 Å². The van der Waals surface area contributed by atoms with Crippen molar-refractivity contribution in [1.29, 1.82) is 0 Å². The molecule has 1 saturated heterocycles. The Labute approximate surface area is 122 Å². The van der Waals surface area contributed by atoms with Crippen molar-refractivity contribution in [2.75, 3.05) is 25.5 Å². The van der Waals surface area contributed by atoms with Gasteiger partial charge in [-0.2, -0.15) is 0 Å². The minimum Gasteiger partial charge on any atom is -0.335 e. The number of piperidine rings is 1. The van der Waals surface area contributed by atoms with E-state index in [1.165, 1.54) is 0 Å². The lowest BCUT2D eigenvalue weighted by Gasteiger charge is -2.29. The van der Waals surface area contributed by atoms with Gasteiger partial charge in [-0.05, 0) is 73.5 Å². The van der Waals surface area contributed by atoms with Gasteiger partial charge in [0.1, 0.15) is 0 Å². The molecule has 0 atom stereocenters. The number of nitrogens with one attached hydrogen (secondary N) is 2. The van der Waals surface area contributed by atoms with Crippen LogP contribution in [0.4, 0.5) is 10.5 Å². The van der Waals surface area contributed by atoms with E-state index in [0.29, 0.717) is 0 Å². The van der Waals surface area contributed by atoms with Gasteiger partial charge in [0.15, 0.2) is 0 Å². The van der Waals surface area contributed by atoms with E-state index in [9.17, 15) is 4.79 Å². The molecule has 2 amide bonds. The molecule has 0 saturated carbocycles. The molecular formula is C14H20BrN3O. The van der Waals surface area contributed by atoms with Crippen LogP contribution in [0.1, 0.15) is 18.4 Å². The maximum Gasteiger partial charge on any atom is 0.319 e. The highest BCUT2D eigenvalue weighted by molar-refractivity contribution is 9.10. The summed E-state index contributed by atoms with van der Waals surface area (Å²) in [6, 6.07) is 6.04. The number of aryl methyl sites for hydroxylation is 1. The lowest BCUT2D eigenvalue weighted by Crippen LogP contribution is -2.44. The van der Waals surface area contributed by atoms with E-state index < -0.39 is 0 Å². The van der Waals surface area contributed by atoms with Crippen LogP contribution in [0, 0.1) is 6.92 Å². The maximum atomic E-state index is 11.9. The van der Waals surface area contributed by atoms with Crippen molar-refractivity contribution in [3.05, 3.63) is 28.2 Å². The number of halogens is 1. The summed E-state index contributed by atoms with van der Waals surface area (Å²) < 4.78 is 0.908. The van der Waals surface area contributed by atoms with Gasteiger partial charge in [0, 0.05) is 10.5 Å². The fourth-order valence-electron chi connectivity index (χ4n) is 2.22. The number of anilines is 1. The molecule has 0 aliphatic carbocycles. The minimum atomic E-state index is -0.126. The smallest absolute Gasteiger partial charge is 0.319 e. The molecule has 0 radical (unpaired) electrons. The summed E-state index contributed by atoms with van der Waals surface area (Å²) >= 11 is 3.46. The number of hydrogen-bond donors (Lipinski definition) is 2. The van der Waals surface area contributed by atoms with Crippen LogP contribution in [0.3, 0.4) is 0 Å². The third kappa shape index (κ3) is 4.21. The highest BCUT2D eigenvalue weighted by Gasteiger charge is 2.18. The zero-order valence-electron chi connectivity index (χ0n) is 11.4. The second-order valence-electron chi connectivity index (χ2n) is 5.16. The lowest BCUT2D eigenvalue weighted by molar-refractivity contribution is 0.221. The summed E-state index contributed by atoms with van der Waals surface area (Å²) in [7, 11) is 2.11. The van der Waals surface area contributed by atoms with E-state index in [-0.39, 0.29) is 12.1 Å². The summed E-state index contributed by atoms with van der Waals surface area (Å²) in [5.74, 6) is 0. The number of nitrogens with zero attached hydrogens (tertiary/aromatic N) is 1. The zero-order chi connectivity index (χ0) is 13.8. The van der Waals surface area contributed by atoms with Gasteiger partial charge in [-0.25, -0.2) is 4.79 Å². The molecule has 19 heavy (non-hydrogen) atoms. The molecule has 0 spiro atoms. The molecule has 1 heterocycles. The first-order chi connectivity index (χ1) is 9.04. The SMILES string of the molecule is Cc1ccc(NC(=O)NC2CCN(C)CC2)c(Br)c1. The molecule has 2 rings (SSSR count). The highest BCUT2D eigenvalue weighted by Crippen LogP contribution is 2.23. The largest absolute Gasteiger partial charge is 0.335 e. The van der Waals surface area contributed by atoms with Crippen LogP contribution in [0.15, 0.2) is 22.7 Å². The van der Waals surface area contributed by atoms with Crippen LogP contribution < -0.4 is 10.6 Å². The van der Waals surface area contributed by atoms with E-state index in [2.05, 4.69) is 38.5 Å². The average Bonchev–Trinajstić information content (AvgIpc) is 2.36. The average molecular weight is 326 g/mol. The Morgan fingerprint density at radius 1 is 1.37 bits per heavy atom. The lowest BCUT2D eigenvalue weighted by atomic mass is 10.1. The van der Waals surface area contributed by atoms with Crippen molar-refractivity contribution >= 4 is 27.6 Å². The van der Waals surface area contributed by atoms with Gasteiger partial charge in [0.05, 0.1) is 5.69 Å². The van der Waals surface area contributed by atoms with Gasteiger partial charge < -0.3 is 15.5 Å². The molecule has 0 bridgehead atoms. The number of hydrogen-bond acceptors (Lipinski definition) is 2. The zero-order valence-corrected chi connectivity index (χ0v) is 13.0. The van der Waals surface area contributed by atoms with Crippen molar-refractivity contribution in [2.45, 2.75) is 25.8 Å². The third-order valence-corrected chi connectivity index (χ3v) is 4.08. The molecular weight excluding hydrogens is 306 g/mol. The van der Waals surface area contributed by atoms with E-state index in [0.717, 1.165) is 41.7 Å². The molecule has 104 valence electrons. The van der Waals surface area contributed by atoms with Crippen molar-refractivity contribution in [1.82, 2.24) is 10.2 Å². The van der Waals surface area contributed by atoms with Crippen LogP contribution in [-0.2, 0) is 0 Å². The summed E-state index contributed by atoms with van der Waals surface area (Å²) in [5.41, 5.74) is 1.96. The molecule has 1 aromatic carbocycles. The molecule has 2 N–H and O–H groups in total. The topological polar surface area (TPSA) is 44.4 Å². The summed E-state index contributed by atoms with van der Waals surface area (Å²) in [6.07, 6.45) is 2.03. The van der Waals surface area contributed by atoms with E-state index in [4.69, 9.17) is 0 Å². The quantitative estimate of drug-likeness (QED) is 0.878. The Morgan fingerprint density at radius 2 is 2.05 bits per heavy atom. The Balaban J connectivity index is 1.87. The summed E-state index contributed by atoms with van der Waals surface area (Å²) in [4.78, 5) is 14.2. The molecule has 4 nitrogen and oxygen atoms in total. The molecule has 1 aliphatic heterocycles. The predicted molar refractivity (Wildman–Crippen MR) is 81.6 cm³/mol. The minimum absolute atomic E-state index is 0.126. The van der Waals surface area contributed by atoms with E-state index in [1.54, 1.807) is 0 Å². The first kappa shape index (κ1) is 14.3. The Morgan fingerprint density at radius 3 is 2.68 bits per heavy atom. The number of benzene rings is 1. The summed E-state index contributed by atoms with van der Waals surface area (Å²) in [6.45, 7) is 4.10. The first-order valence-corrected chi connectivity index (χ1v) is 7.36. The van der Waals surface area contributed by atoms with Crippen molar-refractivity contribution in [2.24, 2.45) is 0 Å². The van der Waals surface area contributed by atoms with Crippen LogP contribution in [0.25, 0.3) is 0 Å². The monoisotopic (exact) mass is 325 g/mol. The third-order valence-electron chi connectivity index (χ3n) is 3.43. The molecule has 0 unspecified atom stereocenters. The van der Waals surface area contributed by atoms with Gasteiger partial charge in [-0.15, -0.1) is 0 Å². The first-order valence-electron chi connectivity index (χ1n) is 6.57. The molecule has 1 aromatic rings. The number of carbonyl (C=O) groups is 1. The van der Waals surface area contributed by atoms with Crippen LogP contribution in [0.2, 0.25) is 0 Å². The molecule has 1 fully saturated rings. The maximum absolute atomic E-state index is 11.9.